The average molecular weight is 335 g/mol. The SMILES string of the molecule is O=C(O)CCCCCCCNC(=O)C1(c2cccc(F)c2)CCC1. The predicted molar refractivity (Wildman–Crippen MR) is 90.3 cm³/mol. The van der Waals surface area contributed by atoms with E-state index in [0.717, 1.165) is 50.5 Å². The molecule has 0 bridgehead atoms. The van der Waals surface area contributed by atoms with Gasteiger partial charge in [-0.3, -0.25) is 9.59 Å². The fourth-order valence-corrected chi connectivity index (χ4v) is 3.27. The molecule has 4 nitrogen and oxygen atoms in total. The molecule has 1 aromatic rings. The summed E-state index contributed by atoms with van der Waals surface area (Å²) in [4.78, 5) is 23.0. The molecule has 24 heavy (non-hydrogen) atoms. The third kappa shape index (κ3) is 4.79. The fourth-order valence-electron chi connectivity index (χ4n) is 3.27. The Hall–Kier alpha value is -1.91. The number of unbranched alkanes of at least 4 members (excludes halogenated alkanes) is 4. The summed E-state index contributed by atoms with van der Waals surface area (Å²) in [5, 5.41) is 11.6. The molecule has 1 fully saturated rings. The van der Waals surface area contributed by atoms with Gasteiger partial charge in [-0.25, -0.2) is 4.39 Å². The van der Waals surface area contributed by atoms with Crippen molar-refractivity contribution in [2.75, 3.05) is 6.54 Å². The van der Waals surface area contributed by atoms with Crippen LogP contribution in [0, 0.1) is 5.82 Å². The van der Waals surface area contributed by atoms with Gasteiger partial charge in [-0.2, -0.15) is 0 Å². The van der Waals surface area contributed by atoms with E-state index < -0.39 is 11.4 Å². The summed E-state index contributed by atoms with van der Waals surface area (Å²) in [5.74, 6) is -1.04. The normalized spacial score (nSPS) is 15.5. The standard InChI is InChI=1S/C19H26FNO3/c20-16-9-6-8-15(14-16)19(11-7-12-19)18(24)21-13-5-3-1-2-4-10-17(22)23/h6,8-9,14H,1-5,7,10-13H2,(H,21,24)(H,22,23). The molecule has 132 valence electrons. The summed E-state index contributed by atoms with van der Waals surface area (Å²) in [7, 11) is 0. The minimum Gasteiger partial charge on any atom is -0.481 e. The van der Waals surface area contributed by atoms with Gasteiger partial charge in [0.1, 0.15) is 5.82 Å². The van der Waals surface area contributed by atoms with Crippen LogP contribution in [0.4, 0.5) is 4.39 Å². The molecule has 2 N–H and O–H groups in total. The van der Waals surface area contributed by atoms with Crippen molar-refractivity contribution in [3.63, 3.8) is 0 Å². The minimum absolute atomic E-state index is 0.00484. The second-order valence-electron chi connectivity index (χ2n) is 6.61. The highest BCUT2D eigenvalue weighted by atomic mass is 19.1. The van der Waals surface area contributed by atoms with Crippen molar-refractivity contribution in [2.24, 2.45) is 0 Å². The number of halogens is 1. The molecule has 1 saturated carbocycles. The quantitative estimate of drug-likeness (QED) is 0.639. The monoisotopic (exact) mass is 335 g/mol. The predicted octanol–water partition coefficient (Wildman–Crippen LogP) is 3.79. The summed E-state index contributed by atoms with van der Waals surface area (Å²) in [6.07, 6.45) is 7.25. The summed E-state index contributed by atoms with van der Waals surface area (Å²) < 4.78 is 13.5. The number of benzene rings is 1. The number of rotatable bonds is 10. The van der Waals surface area contributed by atoms with Gasteiger partial charge in [0.2, 0.25) is 5.91 Å². The van der Waals surface area contributed by atoms with Gasteiger partial charge >= 0.3 is 5.97 Å². The Morgan fingerprint density at radius 1 is 1.12 bits per heavy atom. The van der Waals surface area contributed by atoms with Crippen LogP contribution in [0.5, 0.6) is 0 Å². The lowest BCUT2D eigenvalue weighted by Crippen LogP contribution is -2.49. The molecular weight excluding hydrogens is 309 g/mol. The maximum absolute atomic E-state index is 13.5. The molecule has 1 amide bonds. The number of nitrogens with one attached hydrogen (secondary N) is 1. The van der Waals surface area contributed by atoms with Gasteiger partial charge in [0.15, 0.2) is 0 Å². The van der Waals surface area contributed by atoms with Crippen LogP contribution in [0.1, 0.15) is 63.4 Å². The second kappa shape index (κ2) is 8.81. The zero-order chi connectivity index (χ0) is 17.4. The van der Waals surface area contributed by atoms with Crippen LogP contribution in [0.2, 0.25) is 0 Å². The van der Waals surface area contributed by atoms with Crippen molar-refractivity contribution in [3.05, 3.63) is 35.6 Å². The maximum Gasteiger partial charge on any atom is 0.303 e. The Morgan fingerprint density at radius 2 is 1.83 bits per heavy atom. The lowest BCUT2D eigenvalue weighted by Gasteiger charge is -2.40. The van der Waals surface area contributed by atoms with Gasteiger partial charge in [-0.05, 0) is 43.4 Å². The number of carboxylic acid groups (broad SMARTS) is 1. The minimum atomic E-state index is -0.745. The zero-order valence-corrected chi connectivity index (χ0v) is 14.0. The Kier molecular flexibility index (Phi) is 6.76. The Balaban J connectivity index is 1.71. The van der Waals surface area contributed by atoms with E-state index >= 15 is 0 Å². The zero-order valence-electron chi connectivity index (χ0n) is 14.0. The summed E-state index contributed by atoms with van der Waals surface area (Å²) in [6, 6.07) is 6.37. The van der Waals surface area contributed by atoms with Gasteiger partial charge in [-0.15, -0.1) is 0 Å². The number of carbonyl (C=O) groups is 2. The molecule has 0 saturated heterocycles. The van der Waals surface area contributed by atoms with E-state index in [9.17, 15) is 14.0 Å². The third-order valence-electron chi connectivity index (χ3n) is 4.87. The van der Waals surface area contributed by atoms with Crippen LogP contribution in [0.3, 0.4) is 0 Å². The first-order chi connectivity index (χ1) is 11.5. The average Bonchev–Trinajstić information content (AvgIpc) is 2.48. The fraction of sp³-hybridized carbons (Fsp3) is 0.579. The van der Waals surface area contributed by atoms with E-state index in [0.29, 0.717) is 13.0 Å². The molecule has 0 unspecified atom stereocenters. The second-order valence-corrected chi connectivity index (χ2v) is 6.61. The highest BCUT2D eigenvalue weighted by molar-refractivity contribution is 5.89. The molecule has 0 radical (unpaired) electrons. The molecule has 1 aromatic carbocycles. The highest BCUT2D eigenvalue weighted by Gasteiger charge is 2.45. The first kappa shape index (κ1) is 18.4. The molecular formula is C19H26FNO3. The van der Waals surface area contributed by atoms with Gasteiger partial charge in [-0.1, -0.05) is 37.8 Å². The van der Waals surface area contributed by atoms with Crippen molar-refractivity contribution in [3.8, 4) is 0 Å². The topological polar surface area (TPSA) is 66.4 Å². The first-order valence-corrected chi connectivity index (χ1v) is 8.81. The van der Waals surface area contributed by atoms with E-state index in [-0.39, 0.29) is 18.1 Å². The maximum atomic E-state index is 13.5. The molecule has 2 rings (SSSR count). The smallest absolute Gasteiger partial charge is 0.303 e. The third-order valence-corrected chi connectivity index (χ3v) is 4.87. The number of amides is 1. The van der Waals surface area contributed by atoms with Crippen LogP contribution in [0.15, 0.2) is 24.3 Å². The Labute approximate surface area is 142 Å². The van der Waals surface area contributed by atoms with Crippen LogP contribution < -0.4 is 5.32 Å². The molecule has 0 heterocycles. The van der Waals surface area contributed by atoms with Crippen LogP contribution >= 0.6 is 0 Å². The number of carboxylic acids is 1. The first-order valence-electron chi connectivity index (χ1n) is 8.81. The molecule has 0 aromatic heterocycles. The molecule has 0 spiro atoms. The Bertz CT molecular complexity index is 569. The summed E-state index contributed by atoms with van der Waals surface area (Å²) in [5.41, 5.74) is 0.226. The number of hydrogen-bond acceptors (Lipinski definition) is 2. The van der Waals surface area contributed by atoms with E-state index in [2.05, 4.69) is 5.32 Å². The van der Waals surface area contributed by atoms with Crippen molar-refractivity contribution >= 4 is 11.9 Å². The number of hydrogen-bond donors (Lipinski definition) is 2. The van der Waals surface area contributed by atoms with Gasteiger partial charge < -0.3 is 10.4 Å². The van der Waals surface area contributed by atoms with E-state index in [1.807, 2.05) is 6.07 Å². The highest BCUT2D eigenvalue weighted by Crippen LogP contribution is 2.44. The number of carbonyl (C=O) groups excluding carboxylic acids is 1. The molecule has 1 aliphatic rings. The van der Waals surface area contributed by atoms with Crippen LogP contribution in [-0.2, 0) is 15.0 Å². The Morgan fingerprint density at radius 3 is 2.46 bits per heavy atom. The number of aliphatic carboxylic acids is 1. The van der Waals surface area contributed by atoms with Crippen molar-refractivity contribution in [2.45, 2.75) is 63.2 Å². The van der Waals surface area contributed by atoms with Gasteiger partial charge in [0.25, 0.3) is 0 Å². The van der Waals surface area contributed by atoms with Gasteiger partial charge in [0.05, 0.1) is 5.41 Å². The largest absolute Gasteiger partial charge is 0.481 e. The van der Waals surface area contributed by atoms with Crippen LogP contribution in [-0.4, -0.2) is 23.5 Å². The van der Waals surface area contributed by atoms with E-state index in [1.165, 1.54) is 12.1 Å². The molecule has 0 atom stereocenters. The van der Waals surface area contributed by atoms with E-state index in [1.54, 1.807) is 6.07 Å². The summed E-state index contributed by atoms with van der Waals surface area (Å²) in [6.45, 7) is 0.620. The summed E-state index contributed by atoms with van der Waals surface area (Å²) >= 11 is 0. The van der Waals surface area contributed by atoms with Crippen LogP contribution in [0.25, 0.3) is 0 Å². The van der Waals surface area contributed by atoms with Crippen molar-refractivity contribution in [1.29, 1.82) is 0 Å². The lowest BCUT2D eigenvalue weighted by atomic mass is 9.64. The van der Waals surface area contributed by atoms with Crippen molar-refractivity contribution in [1.82, 2.24) is 5.32 Å². The molecule has 1 aliphatic carbocycles. The van der Waals surface area contributed by atoms with Crippen molar-refractivity contribution < 1.29 is 19.1 Å². The lowest BCUT2D eigenvalue weighted by molar-refractivity contribution is -0.137. The van der Waals surface area contributed by atoms with Gasteiger partial charge in [0, 0.05) is 13.0 Å². The molecule has 0 aliphatic heterocycles. The molecule has 5 heteroatoms. The van der Waals surface area contributed by atoms with E-state index in [4.69, 9.17) is 5.11 Å².